The van der Waals surface area contributed by atoms with Gasteiger partial charge >= 0.3 is 6.18 Å². The van der Waals surface area contributed by atoms with Crippen LogP contribution in [0.3, 0.4) is 0 Å². The normalized spacial score (nSPS) is 19.0. The largest absolute Gasteiger partial charge is 0.497 e. The molecule has 0 spiro atoms. The van der Waals surface area contributed by atoms with Gasteiger partial charge in [-0.1, -0.05) is 0 Å². The van der Waals surface area contributed by atoms with E-state index in [0.29, 0.717) is 50.0 Å². The van der Waals surface area contributed by atoms with Crippen LogP contribution in [-0.2, 0) is 15.7 Å². The number of benzene rings is 2. The van der Waals surface area contributed by atoms with E-state index in [2.05, 4.69) is 5.32 Å². The van der Waals surface area contributed by atoms with Gasteiger partial charge in [-0.2, -0.15) is 13.2 Å². The van der Waals surface area contributed by atoms with Crippen LogP contribution in [-0.4, -0.2) is 64.4 Å². The van der Waals surface area contributed by atoms with E-state index in [0.717, 1.165) is 30.5 Å². The molecule has 7 nitrogen and oxygen atoms in total. The van der Waals surface area contributed by atoms with Gasteiger partial charge in [0.15, 0.2) is 0 Å². The second kappa shape index (κ2) is 10.7. The van der Waals surface area contributed by atoms with Crippen molar-refractivity contribution in [2.75, 3.05) is 63.8 Å². The van der Waals surface area contributed by atoms with Gasteiger partial charge in [0.2, 0.25) is 5.91 Å². The van der Waals surface area contributed by atoms with Gasteiger partial charge in [0, 0.05) is 24.7 Å². The first kappa shape index (κ1) is 25.1. The van der Waals surface area contributed by atoms with Crippen LogP contribution in [0, 0.1) is 0 Å². The van der Waals surface area contributed by atoms with Crippen LogP contribution in [0.15, 0.2) is 36.4 Å². The third-order valence-corrected chi connectivity index (χ3v) is 6.46. The average molecular weight is 494 g/mol. The van der Waals surface area contributed by atoms with Crippen molar-refractivity contribution in [1.29, 1.82) is 0 Å². The molecule has 2 aromatic rings. The minimum absolute atomic E-state index is 0.0455. The summed E-state index contributed by atoms with van der Waals surface area (Å²) < 4.78 is 56.5. The summed E-state index contributed by atoms with van der Waals surface area (Å²) in [6, 6.07) is 8.97. The Bertz CT molecular complexity index is 1040. The van der Waals surface area contributed by atoms with Crippen LogP contribution in [0.2, 0.25) is 0 Å². The van der Waals surface area contributed by atoms with Gasteiger partial charge in [0.1, 0.15) is 11.5 Å². The number of halogens is 3. The molecule has 0 saturated carbocycles. The Morgan fingerprint density at radius 1 is 1.09 bits per heavy atom. The Balaban J connectivity index is 1.54. The Morgan fingerprint density at radius 2 is 1.86 bits per heavy atom. The third kappa shape index (κ3) is 5.82. The Hall–Kier alpha value is -2.98. The smallest absolute Gasteiger partial charge is 0.416 e. The quantitative estimate of drug-likeness (QED) is 0.620. The van der Waals surface area contributed by atoms with Crippen molar-refractivity contribution in [3.63, 3.8) is 0 Å². The van der Waals surface area contributed by atoms with E-state index < -0.39 is 11.7 Å². The fraction of sp³-hybridized carbons (Fsp3) is 0.480. The summed E-state index contributed by atoms with van der Waals surface area (Å²) in [4.78, 5) is 17.0. The highest BCUT2D eigenvalue weighted by atomic mass is 19.4. The first-order valence-electron chi connectivity index (χ1n) is 11.6. The van der Waals surface area contributed by atoms with Crippen molar-refractivity contribution in [3.05, 3.63) is 47.5 Å². The van der Waals surface area contributed by atoms with Crippen molar-refractivity contribution < 1.29 is 32.2 Å². The van der Waals surface area contributed by atoms with E-state index in [4.69, 9.17) is 14.2 Å². The lowest BCUT2D eigenvalue weighted by atomic mass is 10.0. The predicted molar refractivity (Wildman–Crippen MR) is 126 cm³/mol. The molecule has 0 unspecified atom stereocenters. The average Bonchev–Trinajstić information content (AvgIpc) is 3.31. The Morgan fingerprint density at radius 3 is 2.54 bits per heavy atom. The minimum Gasteiger partial charge on any atom is -0.497 e. The van der Waals surface area contributed by atoms with Gasteiger partial charge in [-0.05, 0) is 55.8 Å². The first-order chi connectivity index (χ1) is 16.8. The van der Waals surface area contributed by atoms with Crippen LogP contribution < -0.4 is 19.7 Å². The number of hydrogen-bond donors (Lipinski definition) is 1. The summed E-state index contributed by atoms with van der Waals surface area (Å²) >= 11 is 0. The predicted octanol–water partition coefficient (Wildman–Crippen LogP) is 4.33. The van der Waals surface area contributed by atoms with E-state index in [9.17, 15) is 18.0 Å². The molecule has 10 heteroatoms. The van der Waals surface area contributed by atoms with Gasteiger partial charge in [-0.3, -0.25) is 9.69 Å². The number of anilines is 2. The maximum Gasteiger partial charge on any atom is 0.416 e. The van der Waals surface area contributed by atoms with Gasteiger partial charge in [0.25, 0.3) is 0 Å². The molecule has 1 atom stereocenters. The number of methoxy groups -OCH3 is 2. The molecule has 1 N–H and O–H groups in total. The fourth-order valence-electron chi connectivity index (χ4n) is 4.73. The van der Waals surface area contributed by atoms with Crippen LogP contribution in [0.4, 0.5) is 24.5 Å². The number of morpholine rings is 1. The van der Waals surface area contributed by atoms with Crippen LogP contribution in [0.1, 0.15) is 30.0 Å². The number of nitrogens with zero attached hydrogens (tertiary/aromatic N) is 2. The molecule has 35 heavy (non-hydrogen) atoms. The van der Waals surface area contributed by atoms with Gasteiger partial charge in [-0.15, -0.1) is 0 Å². The van der Waals surface area contributed by atoms with Crippen LogP contribution in [0.25, 0.3) is 0 Å². The summed E-state index contributed by atoms with van der Waals surface area (Å²) in [5, 5.41) is 2.75. The number of carbonyl (C=O) groups excluding carboxylic acids is 1. The number of alkyl halides is 3. The molecular weight excluding hydrogens is 463 g/mol. The number of hydrogen-bond acceptors (Lipinski definition) is 6. The zero-order chi connectivity index (χ0) is 25.0. The fourth-order valence-corrected chi connectivity index (χ4v) is 4.73. The topological polar surface area (TPSA) is 63.3 Å². The maximum absolute atomic E-state index is 13.4. The van der Waals surface area contributed by atoms with Crippen LogP contribution in [0.5, 0.6) is 11.5 Å². The summed E-state index contributed by atoms with van der Waals surface area (Å²) in [5.41, 5.74) is 0.832. The molecule has 2 aliphatic rings. The molecule has 1 amide bonds. The standard InChI is InChI=1S/C25H30F3N3O4/c1-33-18-6-8-23(34-2)19(15-18)21-4-3-9-31(21)16-24(32)29-20-14-17(25(26,27)28)5-7-22(20)30-10-12-35-13-11-30/h5-8,14-15,21H,3-4,9-13,16H2,1-2H3,(H,29,32)/t21-/m1/s1. The number of rotatable bonds is 7. The minimum atomic E-state index is -4.51. The third-order valence-electron chi connectivity index (χ3n) is 6.46. The molecule has 0 bridgehead atoms. The van der Waals surface area contributed by atoms with Gasteiger partial charge in [-0.25, -0.2) is 0 Å². The molecule has 0 aromatic heterocycles. The number of likely N-dealkylation sites (tertiary alicyclic amines) is 1. The van der Waals surface area contributed by atoms with Crippen LogP contribution >= 0.6 is 0 Å². The van der Waals surface area contributed by atoms with Crippen molar-refractivity contribution >= 4 is 17.3 Å². The highest BCUT2D eigenvalue weighted by molar-refractivity contribution is 5.96. The van der Waals surface area contributed by atoms with Crippen molar-refractivity contribution in [3.8, 4) is 11.5 Å². The summed E-state index contributed by atoms with van der Waals surface area (Å²) in [6.07, 6.45) is -2.79. The summed E-state index contributed by atoms with van der Waals surface area (Å²) in [5.74, 6) is 1.03. The van der Waals surface area contributed by atoms with E-state index in [-0.39, 0.29) is 24.2 Å². The number of nitrogens with one attached hydrogen (secondary N) is 1. The van der Waals surface area contributed by atoms with E-state index >= 15 is 0 Å². The molecule has 0 aliphatic carbocycles. The molecular formula is C25H30F3N3O4. The highest BCUT2D eigenvalue weighted by Crippen LogP contribution is 2.39. The molecule has 0 radical (unpaired) electrons. The lowest BCUT2D eigenvalue weighted by Crippen LogP contribution is -2.37. The lowest BCUT2D eigenvalue weighted by molar-refractivity contribution is -0.137. The van der Waals surface area contributed by atoms with Gasteiger partial charge in [0.05, 0.1) is 50.9 Å². The molecule has 2 fully saturated rings. The zero-order valence-electron chi connectivity index (χ0n) is 19.9. The highest BCUT2D eigenvalue weighted by Gasteiger charge is 2.33. The van der Waals surface area contributed by atoms with E-state index in [1.54, 1.807) is 14.2 Å². The molecule has 2 aliphatic heterocycles. The Labute approximate surface area is 202 Å². The van der Waals surface area contributed by atoms with Crippen molar-refractivity contribution in [2.45, 2.75) is 25.1 Å². The zero-order valence-corrected chi connectivity index (χ0v) is 19.9. The maximum atomic E-state index is 13.4. The first-order valence-corrected chi connectivity index (χ1v) is 11.6. The molecule has 2 aromatic carbocycles. The summed E-state index contributed by atoms with van der Waals surface area (Å²) in [7, 11) is 3.19. The van der Waals surface area contributed by atoms with Gasteiger partial charge < -0.3 is 24.4 Å². The van der Waals surface area contributed by atoms with Crippen molar-refractivity contribution in [1.82, 2.24) is 4.90 Å². The second-order valence-corrected chi connectivity index (χ2v) is 8.61. The van der Waals surface area contributed by atoms with E-state index in [1.807, 2.05) is 28.0 Å². The lowest BCUT2D eigenvalue weighted by Gasteiger charge is -2.31. The molecule has 190 valence electrons. The number of ether oxygens (including phenoxy) is 3. The van der Waals surface area contributed by atoms with E-state index in [1.165, 1.54) is 6.07 Å². The molecule has 2 saturated heterocycles. The SMILES string of the molecule is COc1ccc(OC)c([C@H]2CCCN2CC(=O)Nc2cc(C(F)(F)F)ccc2N2CCOCC2)c1. The van der Waals surface area contributed by atoms with Crippen molar-refractivity contribution in [2.24, 2.45) is 0 Å². The molecule has 2 heterocycles. The summed E-state index contributed by atoms with van der Waals surface area (Å²) in [6.45, 7) is 2.77. The number of carbonyl (C=O) groups is 1. The monoisotopic (exact) mass is 493 g/mol. The second-order valence-electron chi connectivity index (χ2n) is 8.61. The number of amides is 1. The Kier molecular flexibility index (Phi) is 7.71. The molecule has 4 rings (SSSR count).